The average molecular weight is 425 g/mol. The molecule has 0 bridgehead atoms. The van der Waals surface area contributed by atoms with Gasteiger partial charge in [0.25, 0.3) is 0 Å². The summed E-state index contributed by atoms with van der Waals surface area (Å²) in [6.07, 6.45) is 0.246. The highest BCUT2D eigenvalue weighted by atomic mass is 79.9. The standard InChI is InChI=1S/C18H21BrN2O3S/c1-13(2)21(3)25(23,24)17-9-7-16(8-10-17)20-18(22)12-14-5-4-6-15(19)11-14/h4-11,13H,12H2,1-3H3,(H,20,22). The Hall–Kier alpha value is -1.70. The Balaban J connectivity index is 2.06. The molecule has 0 spiro atoms. The molecule has 0 heterocycles. The van der Waals surface area contributed by atoms with E-state index in [0.717, 1.165) is 10.0 Å². The number of carbonyl (C=O) groups excluding carboxylic acids is 1. The predicted octanol–water partition coefficient (Wildman–Crippen LogP) is 3.66. The van der Waals surface area contributed by atoms with Gasteiger partial charge >= 0.3 is 0 Å². The van der Waals surface area contributed by atoms with Gasteiger partial charge in [0.15, 0.2) is 0 Å². The first-order valence-electron chi connectivity index (χ1n) is 7.82. The van der Waals surface area contributed by atoms with Gasteiger partial charge in [-0.25, -0.2) is 8.42 Å². The Labute approximate surface area is 157 Å². The van der Waals surface area contributed by atoms with Gasteiger partial charge in [-0.3, -0.25) is 4.79 Å². The van der Waals surface area contributed by atoms with Crippen LogP contribution < -0.4 is 5.32 Å². The van der Waals surface area contributed by atoms with Gasteiger partial charge < -0.3 is 5.32 Å². The number of rotatable bonds is 6. The van der Waals surface area contributed by atoms with Gasteiger partial charge in [-0.05, 0) is 55.8 Å². The van der Waals surface area contributed by atoms with Gasteiger partial charge in [0, 0.05) is 23.2 Å². The maximum absolute atomic E-state index is 12.4. The molecule has 0 aliphatic carbocycles. The molecule has 0 radical (unpaired) electrons. The molecule has 134 valence electrons. The van der Waals surface area contributed by atoms with E-state index in [9.17, 15) is 13.2 Å². The number of nitrogens with one attached hydrogen (secondary N) is 1. The summed E-state index contributed by atoms with van der Waals surface area (Å²) in [5.74, 6) is -0.159. The van der Waals surface area contributed by atoms with Gasteiger partial charge in [0.1, 0.15) is 0 Å². The van der Waals surface area contributed by atoms with E-state index in [1.54, 1.807) is 19.2 Å². The Morgan fingerprint density at radius 1 is 1.16 bits per heavy atom. The van der Waals surface area contributed by atoms with Gasteiger partial charge in [-0.15, -0.1) is 0 Å². The first-order valence-corrected chi connectivity index (χ1v) is 10.1. The van der Waals surface area contributed by atoms with Crippen LogP contribution in [-0.4, -0.2) is 31.7 Å². The highest BCUT2D eigenvalue weighted by Gasteiger charge is 2.22. The highest BCUT2D eigenvalue weighted by molar-refractivity contribution is 9.10. The van der Waals surface area contributed by atoms with Crippen molar-refractivity contribution in [2.75, 3.05) is 12.4 Å². The predicted molar refractivity (Wildman–Crippen MR) is 103 cm³/mol. The maximum Gasteiger partial charge on any atom is 0.243 e. The van der Waals surface area contributed by atoms with Gasteiger partial charge in [0.2, 0.25) is 15.9 Å². The normalized spacial score (nSPS) is 11.8. The zero-order valence-electron chi connectivity index (χ0n) is 14.4. The van der Waals surface area contributed by atoms with Crippen LogP contribution in [0.2, 0.25) is 0 Å². The van der Waals surface area contributed by atoms with Gasteiger partial charge in [0.05, 0.1) is 11.3 Å². The van der Waals surface area contributed by atoms with E-state index in [2.05, 4.69) is 21.2 Å². The molecule has 0 fully saturated rings. The minimum Gasteiger partial charge on any atom is -0.326 e. The molecule has 0 atom stereocenters. The van der Waals surface area contributed by atoms with Crippen LogP contribution in [-0.2, 0) is 21.2 Å². The van der Waals surface area contributed by atoms with Crippen molar-refractivity contribution >= 4 is 37.5 Å². The van der Waals surface area contributed by atoms with Crippen molar-refractivity contribution in [2.24, 2.45) is 0 Å². The second-order valence-electron chi connectivity index (χ2n) is 5.99. The fourth-order valence-corrected chi connectivity index (χ4v) is 4.01. The molecule has 25 heavy (non-hydrogen) atoms. The molecule has 0 unspecified atom stereocenters. The molecule has 1 amide bonds. The van der Waals surface area contributed by atoms with Crippen LogP contribution in [0.25, 0.3) is 0 Å². The van der Waals surface area contributed by atoms with Crippen molar-refractivity contribution in [3.8, 4) is 0 Å². The van der Waals surface area contributed by atoms with Gasteiger partial charge in [-0.1, -0.05) is 28.1 Å². The minimum absolute atomic E-state index is 0.130. The quantitative estimate of drug-likeness (QED) is 0.768. The first kappa shape index (κ1) is 19.6. The fourth-order valence-electron chi connectivity index (χ4n) is 2.19. The molecule has 7 heteroatoms. The van der Waals surface area contributed by atoms with E-state index in [1.165, 1.54) is 16.4 Å². The van der Waals surface area contributed by atoms with Crippen LogP contribution in [0.5, 0.6) is 0 Å². The first-order chi connectivity index (χ1) is 11.7. The van der Waals surface area contributed by atoms with Crippen molar-refractivity contribution in [3.63, 3.8) is 0 Å². The van der Waals surface area contributed by atoms with Crippen molar-refractivity contribution < 1.29 is 13.2 Å². The zero-order valence-corrected chi connectivity index (χ0v) is 16.8. The summed E-state index contributed by atoms with van der Waals surface area (Å²) in [5.41, 5.74) is 1.45. The third-order valence-corrected chi connectivity index (χ3v) is 6.34. The zero-order chi connectivity index (χ0) is 18.6. The third kappa shape index (κ3) is 5.14. The van der Waals surface area contributed by atoms with E-state index >= 15 is 0 Å². The number of hydrogen-bond acceptors (Lipinski definition) is 3. The lowest BCUT2D eigenvalue weighted by Gasteiger charge is -2.21. The number of carbonyl (C=O) groups is 1. The van der Waals surface area contributed by atoms with Crippen molar-refractivity contribution in [1.29, 1.82) is 0 Å². The summed E-state index contributed by atoms with van der Waals surface area (Å²) in [6.45, 7) is 3.63. The minimum atomic E-state index is -3.52. The molecule has 0 aliphatic rings. The topological polar surface area (TPSA) is 66.5 Å². The average Bonchev–Trinajstić information content (AvgIpc) is 2.54. The summed E-state index contributed by atoms with van der Waals surface area (Å²) < 4.78 is 27.1. The summed E-state index contributed by atoms with van der Waals surface area (Å²) in [5, 5.41) is 2.78. The van der Waals surface area contributed by atoms with E-state index in [-0.39, 0.29) is 23.3 Å². The molecule has 0 saturated carbocycles. The van der Waals surface area contributed by atoms with E-state index in [4.69, 9.17) is 0 Å². The highest BCUT2D eigenvalue weighted by Crippen LogP contribution is 2.19. The number of nitrogens with zero attached hydrogens (tertiary/aromatic N) is 1. The smallest absolute Gasteiger partial charge is 0.243 e. The van der Waals surface area contributed by atoms with Crippen LogP contribution in [0.3, 0.4) is 0 Å². The van der Waals surface area contributed by atoms with Crippen LogP contribution >= 0.6 is 15.9 Å². The van der Waals surface area contributed by atoms with E-state index in [1.807, 2.05) is 38.1 Å². The number of amides is 1. The van der Waals surface area contributed by atoms with Crippen LogP contribution in [0, 0.1) is 0 Å². The lowest BCUT2D eigenvalue weighted by atomic mass is 10.1. The number of anilines is 1. The second kappa shape index (κ2) is 8.12. The second-order valence-corrected chi connectivity index (χ2v) is 8.91. The molecule has 1 N–H and O–H groups in total. The summed E-state index contributed by atoms with van der Waals surface area (Å²) in [6, 6.07) is 13.6. The summed E-state index contributed by atoms with van der Waals surface area (Å²) in [7, 11) is -1.97. The van der Waals surface area contributed by atoms with Crippen LogP contribution in [0.4, 0.5) is 5.69 Å². The molecule has 2 aromatic carbocycles. The molecule has 0 aliphatic heterocycles. The van der Waals surface area contributed by atoms with Crippen molar-refractivity contribution in [1.82, 2.24) is 4.31 Å². The Morgan fingerprint density at radius 2 is 1.80 bits per heavy atom. The largest absolute Gasteiger partial charge is 0.326 e. The molecule has 2 aromatic rings. The Bertz CT molecular complexity index is 849. The number of benzene rings is 2. The Kier molecular flexibility index (Phi) is 6.37. The van der Waals surface area contributed by atoms with Crippen molar-refractivity contribution in [2.45, 2.75) is 31.2 Å². The van der Waals surface area contributed by atoms with E-state index < -0.39 is 10.0 Å². The van der Waals surface area contributed by atoms with Gasteiger partial charge in [-0.2, -0.15) is 4.31 Å². The summed E-state index contributed by atoms with van der Waals surface area (Å²) in [4.78, 5) is 12.3. The summed E-state index contributed by atoms with van der Waals surface area (Å²) >= 11 is 3.37. The number of halogens is 1. The number of hydrogen-bond donors (Lipinski definition) is 1. The van der Waals surface area contributed by atoms with Crippen LogP contribution in [0.15, 0.2) is 57.9 Å². The lowest BCUT2D eigenvalue weighted by molar-refractivity contribution is -0.115. The lowest BCUT2D eigenvalue weighted by Crippen LogP contribution is -2.33. The maximum atomic E-state index is 12.4. The number of sulfonamides is 1. The molecular weight excluding hydrogens is 404 g/mol. The van der Waals surface area contributed by atoms with E-state index in [0.29, 0.717) is 5.69 Å². The van der Waals surface area contributed by atoms with Crippen LogP contribution in [0.1, 0.15) is 19.4 Å². The monoisotopic (exact) mass is 424 g/mol. The molecule has 0 aromatic heterocycles. The van der Waals surface area contributed by atoms with Crippen molar-refractivity contribution in [3.05, 3.63) is 58.6 Å². The molecule has 0 saturated heterocycles. The fraction of sp³-hybridized carbons (Fsp3) is 0.278. The molecule has 2 rings (SSSR count). The SMILES string of the molecule is CC(C)N(C)S(=O)(=O)c1ccc(NC(=O)Cc2cccc(Br)c2)cc1. The third-order valence-electron chi connectivity index (χ3n) is 3.80. The molecule has 5 nitrogen and oxygen atoms in total. The molecular formula is C18H21BrN2O3S. The Morgan fingerprint density at radius 3 is 2.36 bits per heavy atom.